The molecule has 1 aliphatic heterocycles. The zero-order valence-electron chi connectivity index (χ0n) is 16.2. The number of aromatic amines is 1. The maximum absolute atomic E-state index is 13.9. The van der Waals surface area contributed by atoms with Crippen molar-refractivity contribution in [1.82, 2.24) is 14.5 Å². The minimum absolute atomic E-state index is 0.0294. The average molecular weight is 437 g/mol. The lowest BCUT2D eigenvalue weighted by molar-refractivity contribution is -0.136. The number of hydrogen-bond donors (Lipinski definition) is 1. The monoisotopic (exact) mass is 437 g/mol. The highest BCUT2D eigenvalue weighted by molar-refractivity contribution is 7.71. The van der Waals surface area contributed by atoms with Crippen LogP contribution in [0.25, 0.3) is 22.3 Å². The minimum atomic E-state index is -4.76. The number of H-pyrrole nitrogens is 1. The van der Waals surface area contributed by atoms with Gasteiger partial charge in [0.05, 0.1) is 16.6 Å². The molecule has 1 aliphatic rings. The number of aromatic nitrogens is 3. The van der Waals surface area contributed by atoms with Crippen LogP contribution in [-0.2, 0) is 6.18 Å². The van der Waals surface area contributed by atoms with Crippen LogP contribution in [-0.4, -0.2) is 27.7 Å². The second-order valence-corrected chi connectivity index (χ2v) is 7.38. The molecule has 1 atom stereocenters. The van der Waals surface area contributed by atoms with E-state index in [4.69, 9.17) is 21.7 Å². The van der Waals surface area contributed by atoms with Gasteiger partial charge in [-0.15, -0.1) is 0 Å². The Morgan fingerprint density at radius 3 is 2.60 bits per heavy atom. The van der Waals surface area contributed by atoms with E-state index in [2.05, 4.69) is 9.97 Å². The summed E-state index contributed by atoms with van der Waals surface area (Å²) in [6.07, 6.45) is -4.17. The highest BCUT2D eigenvalue weighted by Crippen LogP contribution is 2.38. The van der Waals surface area contributed by atoms with E-state index in [-0.39, 0.29) is 22.2 Å². The second kappa shape index (κ2) is 7.42. The third-order valence-electron chi connectivity index (χ3n) is 5.07. The first-order valence-corrected chi connectivity index (χ1v) is 9.78. The Bertz CT molecular complexity index is 1250. The van der Waals surface area contributed by atoms with Crippen molar-refractivity contribution in [3.05, 3.63) is 45.0 Å². The highest BCUT2D eigenvalue weighted by atomic mass is 32.1. The van der Waals surface area contributed by atoms with E-state index in [0.717, 1.165) is 6.07 Å². The predicted molar refractivity (Wildman–Crippen MR) is 108 cm³/mol. The molecule has 6 nitrogen and oxygen atoms in total. The normalized spacial score (nSPS) is 14.7. The van der Waals surface area contributed by atoms with E-state index < -0.39 is 22.7 Å². The zero-order chi connectivity index (χ0) is 21.6. The van der Waals surface area contributed by atoms with Crippen LogP contribution in [0.15, 0.2) is 29.1 Å². The summed E-state index contributed by atoms with van der Waals surface area (Å²) in [7, 11) is 0. The number of halogens is 3. The molecule has 3 aromatic rings. The number of benzene rings is 1. The molecule has 0 aliphatic carbocycles. The van der Waals surface area contributed by atoms with Gasteiger partial charge in [-0.05, 0) is 49.8 Å². The first kappa shape index (κ1) is 20.4. The number of pyridine rings is 1. The van der Waals surface area contributed by atoms with Crippen molar-refractivity contribution >= 4 is 23.3 Å². The van der Waals surface area contributed by atoms with Gasteiger partial charge in [0.15, 0.2) is 16.3 Å². The van der Waals surface area contributed by atoms with Crippen LogP contribution < -0.4 is 15.0 Å². The van der Waals surface area contributed by atoms with Crippen LogP contribution in [0.4, 0.5) is 13.2 Å². The van der Waals surface area contributed by atoms with Crippen molar-refractivity contribution in [1.29, 1.82) is 0 Å². The molecule has 0 amide bonds. The van der Waals surface area contributed by atoms with Crippen LogP contribution in [0.1, 0.15) is 31.9 Å². The molecule has 0 fully saturated rings. The van der Waals surface area contributed by atoms with Gasteiger partial charge < -0.3 is 9.47 Å². The number of ether oxygens (including phenoxy) is 2. The summed E-state index contributed by atoms with van der Waals surface area (Å²) in [5.41, 5.74) is -1.61. The summed E-state index contributed by atoms with van der Waals surface area (Å²) < 4.78 is 54.3. The summed E-state index contributed by atoms with van der Waals surface area (Å²) in [6, 6.07) is 5.44. The Morgan fingerprint density at radius 2 is 1.93 bits per heavy atom. The molecule has 3 heterocycles. The van der Waals surface area contributed by atoms with Crippen LogP contribution >= 0.6 is 12.2 Å². The molecule has 0 unspecified atom stereocenters. The number of fused-ring (bicyclic) bond motifs is 2. The smallest absolute Gasteiger partial charge is 0.417 e. The van der Waals surface area contributed by atoms with Gasteiger partial charge in [-0.3, -0.25) is 14.3 Å². The Kier molecular flexibility index (Phi) is 5.05. The Hall–Kier alpha value is -2.88. The first-order valence-electron chi connectivity index (χ1n) is 9.37. The predicted octanol–water partition coefficient (Wildman–Crippen LogP) is 4.88. The van der Waals surface area contributed by atoms with Crippen molar-refractivity contribution in [3.63, 3.8) is 0 Å². The van der Waals surface area contributed by atoms with Crippen molar-refractivity contribution < 1.29 is 22.6 Å². The lowest BCUT2D eigenvalue weighted by Crippen LogP contribution is -2.22. The van der Waals surface area contributed by atoms with Crippen molar-refractivity contribution in [2.24, 2.45) is 0 Å². The van der Waals surface area contributed by atoms with Crippen molar-refractivity contribution in [2.45, 2.75) is 32.5 Å². The number of nitrogens with zero attached hydrogens (tertiary/aromatic N) is 2. The SMILES string of the molecule is CC[C@H](C)n1c(=S)[nH]c(=O)c2c(C(F)(F)F)cc(-c3ccc4c(c3)OCCO4)nc21. The zero-order valence-corrected chi connectivity index (χ0v) is 17.0. The number of rotatable bonds is 3. The van der Waals surface area contributed by atoms with Crippen LogP contribution in [0.3, 0.4) is 0 Å². The molecule has 30 heavy (non-hydrogen) atoms. The van der Waals surface area contributed by atoms with Gasteiger partial charge in [0.2, 0.25) is 0 Å². The van der Waals surface area contributed by atoms with Crippen molar-refractivity contribution in [3.8, 4) is 22.8 Å². The van der Waals surface area contributed by atoms with Gasteiger partial charge >= 0.3 is 6.18 Å². The van der Waals surface area contributed by atoms with Gasteiger partial charge in [0, 0.05) is 11.6 Å². The fraction of sp³-hybridized carbons (Fsp3) is 0.350. The van der Waals surface area contributed by atoms with Gasteiger partial charge in [-0.2, -0.15) is 13.2 Å². The highest BCUT2D eigenvalue weighted by Gasteiger charge is 2.36. The Morgan fingerprint density at radius 1 is 1.23 bits per heavy atom. The summed E-state index contributed by atoms with van der Waals surface area (Å²) in [5.74, 6) is 0.944. The van der Waals surface area contributed by atoms with E-state index in [1.807, 2.05) is 6.92 Å². The number of nitrogens with one attached hydrogen (secondary N) is 1. The van der Waals surface area contributed by atoms with Gasteiger partial charge in [-0.25, -0.2) is 4.98 Å². The molecule has 0 saturated carbocycles. The van der Waals surface area contributed by atoms with Crippen LogP contribution in [0.5, 0.6) is 11.5 Å². The number of hydrogen-bond acceptors (Lipinski definition) is 5. The fourth-order valence-corrected chi connectivity index (χ4v) is 3.77. The summed E-state index contributed by atoms with van der Waals surface area (Å²) in [6.45, 7) is 4.42. The molecule has 158 valence electrons. The van der Waals surface area contributed by atoms with E-state index in [9.17, 15) is 18.0 Å². The topological polar surface area (TPSA) is 69.1 Å². The molecular formula is C20H18F3N3O3S. The van der Waals surface area contributed by atoms with Crippen LogP contribution in [0.2, 0.25) is 0 Å². The molecule has 1 aromatic carbocycles. The summed E-state index contributed by atoms with van der Waals surface area (Å²) in [5, 5.41) is -0.530. The molecule has 10 heteroatoms. The van der Waals surface area contributed by atoms with Gasteiger partial charge in [-0.1, -0.05) is 6.92 Å². The molecule has 0 radical (unpaired) electrons. The Labute approximate surface area is 174 Å². The lowest BCUT2D eigenvalue weighted by Gasteiger charge is -2.21. The minimum Gasteiger partial charge on any atom is -0.486 e. The molecular weight excluding hydrogens is 419 g/mol. The maximum Gasteiger partial charge on any atom is 0.417 e. The standard InChI is InChI=1S/C20H18F3N3O3S/c1-3-10(2)26-17-16(18(27)25-19(26)30)12(20(21,22)23)9-13(24-17)11-4-5-14-15(8-11)29-7-6-28-14/h4-5,8-10H,3,6-7H2,1-2H3,(H,25,27,30)/t10-/m0/s1. The molecule has 4 rings (SSSR count). The fourth-order valence-electron chi connectivity index (χ4n) is 3.41. The average Bonchev–Trinajstić information content (AvgIpc) is 2.71. The molecule has 0 spiro atoms. The van der Waals surface area contributed by atoms with Crippen LogP contribution in [0, 0.1) is 4.77 Å². The second-order valence-electron chi connectivity index (χ2n) is 7.00. The molecule has 1 N–H and O–H groups in total. The molecule has 2 aromatic heterocycles. The van der Waals surface area contributed by atoms with E-state index in [1.165, 1.54) is 4.57 Å². The third-order valence-corrected chi connectivity index (χ3v) is 5.37. The first-order chi connectivity index (χ1) is 14.2. The quantitative estimate of drug-likeness (QED) is 0.592. The Balaban J connectivity index is 2.07. The third kappa shape index (κ3) is 3.45. The van der Waals surface area contributed by atoms with E-state index >= 15 is 0 Å². The van der Waals surface area contributed by atoms with Crippen molar-refractivity contribution in [2.75, 3.05) is 13.2 Å². The molecule has 0 bridgehead atoms. The van der Waals surface area contributed by atoms with Gasteiger partial charge in [0.1, 0.15) is 18.9 Å². The van der Waals surface area contributed by atoms with Gasteiger partial charge in [0.25, 0.3) is 5.56 Å². The summed E-state index contributed by atoms with van der Waals surface area (Å²) >= 11 is 5.24. The van der Waals surface area contributed by atoms with E-state index in [1.54, 1.807) is 25.1 Å². The summed E-state index contributed by atoms with van der Waals surface area (Å²) in [4.78, 5) is 19.3. The maximum atomic E-state index is 13.9. The number of alkyl halides is 3. The largest absolute Gasteiger partial charge is 0.486 e. The van der Waals surface area contributed by atoms with E-state index in [0.29, 0.717) is 36.7 Å². The molecule has 0 saturated heterocycles. The lowest BCUT2D eigenvalue weighted by atomic mass is 10.0.